The minimum Gasteiger partial charge on any atom is -0.337 e. The number of rotatable bonds is 2. The molecule has 2 aromatic rings. The number of carbonyl (C=O) groups excluding carboxylic acids is 1. The van der Waals surface area contributed by atoms with Crippen LogP contribution in [0.1, 0.15) is 24.9 Å². The maximum absolute atomic E-state index is 13.1. The molecule has 2 aliphatic rings. The molecule has 0 spiro atoms. The molecule has 140 valence electrons. The molecule has 2 atom stereocenters. The Hall–Kier alpha value is -3.03. The second-order valence-corrected chi connectivity index (χ2v) is 6.78. The molecule has 0 N–H and O–H groups in total. The number of hydrogen-bond donors (Lipinski definition) is 0. The first-order valence-corrected chi connectivity index (χ1v) is 9.03. The Morgan fingerprint density at radius 2 is 1.89 bits per heavy atom. The molecule has 4 rings (SSSR count). The largest absolute Gasteiger partial charge is 0.341 e. The summed E-state index contributed by atoms with van der Waals surface area (Å²) in [6, 6.07) is 9.76. The number of amides is 2. The lowest BCUT2D eigenvalue weighted by Crippen LogP contribution is -2.57. The van der Waals surface area contributed by atoms with Gasteiger partial charge in [0.1, 0.15) is 0 Å². The molecule has 0 aliphatic carbocycles. The summed E-state index contributed by atoms with van der Waals surface area (Å²) in [5.41, 5.74) is 1.08. The van der Waals surface area contributed by atoms with Crippen molar-refractivity contribution in [3.63, 3.8) is 0 Å². The van der Waals surface area contributed by atoms with Crippen LogP contribution in [0.15, 0.2) is 47.8 Å². The predicted molar refractivity (Wildman–Crippen MR) is 99.9 cm³/mol. The molecule has 0 radical (unpaired) electrons. The Labute approximate surface area is 157 Å². The predicted octanol–water partition coefficient (Wildman–Crippen LogP) is 2.68. The number of hydrogen-bond acceptors (Lipinski definition) is 5. The summed E-state index contributed by atoms with van der Waals surface area (Å²) in [4.78, 5) is 25.0. The van der Waals surface area contributed by atoms with Crippen LogP contribution in [-0.2, 0) is 0 Å². The number of nitrogens with zero attached hydrogens (tertiary/aromatic N) is 6. The summed E-state index contributed by atoms with van der Waals surface area (Å²) in [5, 5.41) is 5.91. The standard InChI is InChI=1S/C19H21FN6O/c1-14-13-24(18-21-11-16(20)12-22-18)9-10-25(14)19(27)26-17(7-8-23-26)15-5-3-2-4-6-15/h2-6,8,11-12,14,17H,7,9-10,13H2,1H3. The number of urea groups is 1. The summed E-state index contributed by atoms with van der Waals surface area (Å²) >= 11 is 0. The Morgan fingerprint density at radius 3 is 2.59 bits per heavy atom. The van der Waals surface area contributed by atoms with Crippen LogP contribution in [0.25, 0.3) is 0 Å². The van der Waals surface area contributed by atoms with E-state index in [9.17, 15) is 9.18 Å². The van der Waals surface area contributed by atoms with Crippen molar-refractivity contribution in [2.75, 3.05) is 24.5 Å². The maximum atomic E-state index is 13.1. The lowest BCUT2D eigenvalue weighted by atomic mass is 10.0. The number of hydrazone groups is 1. The first kappa shape index (κ1) is 17.4. The lowest BCUT2D eigenvalue weighted by Gasteiger charge is -2.41. The first-order valence-electron chi connectivity index (χ1n) is 9.03. The number of benzene rings is 1. The van der Waals surface area contributed by atoms with E-state index in [1.165, 1.54) is 0 Å². The third-order valence-corrected chi connectivity index (χ3v) is 4.97. The SMILES string of the molecule is CC1CN(c2ncc(F)cn2)CCN1C(=O)N1N=CCC1c1ccccc1. The highest BCUT2D eigenvalue weighted by Gasteiger charge is 2.36. The van der Waals surface area contributed by atoms with Crippen LogP contribution in [0, 0.1) is 5.82 Å². The van der Waals surface area contributed by atoms with Crippen LogP contribution in [0.4, 0.5) is 15.1 Å². The van der Waals surface area contributed by atoms with Crippen molar-refractivity contribution in [2.24, 2.45) is 5.10 Å². The Morgan fingerprint density at radius 1 is 1.15 bits per heavy atom. The molecule has 2 unspecified atom stereocenters. The number of anilines is 1. The van der Waals surface area contributed by atoms with E-state index in [1.54, 1.807) is 11.2 Å². The topological polar surface area (TPSA) is 64.9 Å². The van der Waals surface area contributed by atoms with Gasteiger partial charge in [0.15, 0.2) is 5.82 Å². The van der Waals surface area contributed by atoms with Crippen molar-refractivity contribution in [1.82, 2.24) is 19.9 Å². The van der Waals surface area contributed by atoms with Crippen LogP contribution in [0.5, 0.6) is 0 Å². The van der Waals surface area contributed by atoms with Gasteiger partial charge in [0.05, 0.1) is 18.4 Å². The van der Waals surface area contributed by atoms with E-state index in [4.69, 9.17) is 0 Å². The Balaban J connectivity index is 1.45. The number of piperazine rings is 1. The van der Waals surface area contributed by atoms with Crippen molar-refractivity contribution in [1.29, 1.82) is 0 Å². The van der Waals surface area contributed by atoms with Gasteiger partial charge in [0.2, 0.25) is 5.95 Å². The highest BCUT2D eigenvalue weighted by Crippen LogP contribution is 2.30. The fourth-order valence-corrected chi connectivity index (χ4v) is 3.57. The maximum Gasteiger partial charge on any atom is 0.341 e. The van der Waals surface area contributed by atoms with E-state index in [-0.39, 0.29) is 18.1 Å². The number of aromatic nitrogens is 2. The zero-order valence-electron chi connectivity index (χ0n) is 15.1. The molecular formula is C19H21FN6O. The van der Waals surface area contributed by atoms with E-state index in [1.807, 2.05) is 47.1 Å². The Bertz CT molecular complexity index is 828. The average molecular weight is 368 g/mol. The smallest absolute Gasteiger partial charge is 0.337 e. The molecule has 1 aromatic heterocycles. The molecule has 0 saturated carbocycles. The summed E-state index contributed by atoms with van der Waals surface area (Å²) in [6.07, 6.45) is 4.83. The normalized spacial score (nSPS) is 22.4. The fourth-order valence-electron chi connectivity index (χ4n) is 3.57. The highest BCUT2D eigenvalue weighted by atomic mass is 19.1. The van der Waals surface area contributed by atoms with E-state index in [0.717, 1.165) is 18.0 Å². The highest BCUT2D eigenvalue weighted by molar-refractivity contribution is 5.79. The molecular weight excluding hydrogens is 347 g/mol. The van der Waals surface area contributed by atoms with Crippen molar-refractivity contribution in [3.8, 4) is 0 Å². The van der Waals surface area contributed by atoms with Crippen LogP contribution >= 0.6 is 0 Å². The van der Waals surface area contributed by atoms with Gasteiger partial charge in [-0.2, -0.15) is 5.10 Å². The minimum absolute atomic E-state index is 0.0351. The molecule has 2 aliphatic heterocycles. The summed E-state index contributed by atoms with van der Waals surface area (Å²) < 4.78 is 13.0. The van der Waals surface area contributed by atoms with Gasteiger partial charge in [-0.3, -0.25) is 0 Å². The summed E-state index contributed by atoms with van der Waals surface area (Å²) in [7, 11) is 0. The van der Waals surface area contributed by atoms with Gasteiger partial charge in [-0.1, -0.05) is 30.3 Å². The monoisotopic (exact) mass is 368 g/mol. The molecule has 0 bridgehead atoms. The van der Waals surface area contributed by atoms with Crippen LogP contribution in [-0.4, -0.2) is 57.8 Å². The zero-order valence-corrected chi connectivity index (χ0v) is 15.1. The summed E-state index contributed by atoms with van der Waals surface area (Å²) in [6.45, 7) is 3.71. The molecule has 1 saturated heterocycles. The second-order valence-electron chi connectivity index (χ2n) is 6.78. The van der Waals surface area contributed by atoms with Crippen molar-refractivity contribution in [3.05, 3.63) is 54.1 Å². The van der Waals surface area contributed by atoms with Crippen LogP contribution < -0.4 is 4.90 Å². The average Bonchev–Trinajstić information content (AvgIpc) is 3.18. The minimum atomic E-state index is -0.459. The second kappa shape index (κ2) is 7.30. The van der Waals surface area contributed by atoms with Crippen molar-refractivity contribution in [2.45, 2.75) is 25.4 Å². The quantitative estimate of drug-likeness (QED) is 0.818. The summed E-state index contributed by atoms with van der Waals surface area (Å²) in [5.74, 6) is 0.0242. The third-order valence-electron chi connectivity index (χ3n) is 4.97. The van der Waals surface area contributed by atoms with Crippen molar-refractivity contribution >= 4 is 18.2 Å². The molecule has 2 amide bonds. The van der Waals surface area contributed by atoms with E-state index >= 15 is 0 Å². The first-order chi connectivity index (χ1) is 13.1. The molecule has 1 aromatic carbocycles. The van der Waals surface area contributed by atoms with E-state index < -0.39 is 5.82 Å². The van der Waals surface area contributed by atoms with Gasteiger partial charge in [-0.25, -0.2) is 24.2 Å². The molecule has 7 nitrogen and oxygen atoms in total. The van der Waals surface area contributed by atoms with Crippen LogP contribution in [0.2, 0.25) is 0 Å². The van der Waals surface area contributed by atoms with Gasteiger partial charge < -0.3 is 9.80 Å². The van der Waals surface area contributed by atoms with Crippen LogP contribution in [0.3, 0.4) is 0 Å². The molecule has 8 heteroatoms. The Kier molecular flexibility index (Phi) is 4.70. The number of carbonyl (C=O) groups is 1. The lowest BCUT2D eigenvalue weighted by molar-refractivity contribution is 0.121. The van der Waals surface area contributed by atoms with Gasteiger partial charge >= 0.3 is 6.03 Å². The number of halogens is 1. The zero-order chi connectivity index (χ0) is 18.8. The van der Waals surface area contributed by atoms with E-state index in [2.05, 4.69) is 15.1 Å². The molecule has 27 heavy (non-hydrogen) atoms. The van der Waals surface area contributed by atoms with Crippen molar-refractivity contribution < 1.29 is 9.18 Å². The molecule has 1 fully saturated rings. The van der Waals surface area contributed by atoms with Gasteiger partial charge in [-0.15, -0.1) is 0 Å². The fraction of sp³-hybridized carbons (Fsp3) is 0.368. The van der Waals surface area contributed by atoms with Gasteiger partial charge in [-0.05, 0) is 12.5 Å². The van der Waals surface area contributed by atoms with Gasteiger partial charge in [0.25, 0.3) is 0 Å². The van der Waals surface area contributed by atoms with Gasteiger partial charge in [0, 0.05) is 38.3 Å². The third kappa shape index (κ3) is 3.47. The van der Waals surface area contributed by atoms with E-state index in [0.29, 0.717) is 32.0 Å². The molecule has 3 heterocycles.